The molecule has 0 spiro atoms. The number of carbonyl (C=O) groups is 1. The van der Waals surface area contributed by atoms with Crippen LogP contribution >= 0.6 is 23.4 Å². The van der Waals surface area contributed by atoms with Crippen LogP contribution in [0.5, 0.6) is 0 Å². The average Bonchev–Trinajstić information content (AvgIpc) is 2.76. The molecule has 3 nitrogen and oxygen atoms in total. The Morgan fingerprint density at radius 1 is 0.867 bits per heavy atom. The summed E-state index contributed by atoms with van der Waals surface area (Å²) in [6.07, 6.45) is 0.893. The highest BCUT2D eigenvalue weighted by atomic mass is 35.5. The summed E-state index contributed by atoms with van der Waals surface area (Å²) >= 11 is 7.78. The first-order valence-corrected chi connectivity index (χ1v) is 11.4. The quantitative estimate of drug-likeness (QED) is 0.370. The Kier molecular flexibility index (Phi) is 8.38. The van der Waals surface area contributed by atoms with E-state index < -0.39 is 0 Å². The van der Waals surface area contributed by atoms with Crippen LogP contribution in [0.3, 0.4) is 0 Å². The molecule has 0 saturated heterocycles. The second-order valence-electron chi connectivity index (χ2n) is 7.36. The molecule has 0 N–H and O–H groups in total. The molecule has 1 amide bonds. The smallest absolute Gasteiger partial charge is 0.258 e. The molecular formula is C25H27ClN2OS. The second-order valence-corrected chi connectivity index (χ2v) is 8.82. The van der Waals surface area contributed by atoms with Gasteiger partial charge in [-0.15, -0.1) is 11.8 Å². The number of hydrogen-bond donors (Lipinski definition) is 0. The second kappa shape index (κ2) is 11.2. The summed E-state index contributed by atoms with van der Waals surface area (Å²) < 4.78 is 0. The Bertz CT molecular complexity index is 945. The number of thioether (sulfide) groups is 1. The van der Waals surface area contributed by atoms with Crippen LogP contribution in [0.25, 0.3) is 0 Å². The molecule has 3 aromatic rings. The third-order valence-electron chi connectivity index (χ3n) is 4.72. The normalized spacial score (nSPS) is 10.9. The number of nitrogens with zero attached hydrogens (tertiary/aromatic N) is 2. The van der Waals surface area contributed by atoms with Gasteiger partial charge >= 0.3 is 0 Å². The van der Waals surface area contributed by atoms with E-state index in [4.69, 9.17) is 11.6 Å². The van der Waals surface area contributed by atoms with Gasteiger partial charge in [-0.25, -0.2) is 0 Å². The average molecular weight is 439 g/mol. The van der Waals surface area contributed by atoms with Crippen molar-refractivity contribution < 1.29 is 4.79 Å². The molecule has 156 valence electrons. The largest absolute Gasteiger partial charge is 0.309 e. The van der Waals surface area contributed by atoms with Gasteiger partial charge in [0.25, 0.3) is 5.91 Å². The van der Waals surface area contributed by atoms with Gasteiger partial charge in [-0.3, -0.25) is 4.79 Å². The SMILES string of the molecule is CN(C)CCCN(C(=O)c1ccc(Cl)cc1)c1ccccc1SCc1ccccc1. The van der Waals surface area contributed by atoms with Crippen molar-refractivity contribution in [2.45, 2.75) is 17.1 Å². The van der Waals surface area contributed by atoms with E-state index in [0.717, 1.165) is 29.3 Å². The van der Waals surface area contributed by atoms with Crippen molar-refractivity contribution in [3.63, 3.8) is 0 Å². The number of hydrogen-bond acceptors (Lipinski definition) is 3. The van der Waals surface area contributed by atoms with Crippen LogP contribution in [-0.2, 0) is 5.75 Å². The van der Waals surface area contributed by atoms with Crippen LogP contribution in [0.2, 0.25) is 5.02 Å². The van der Waals surface area contributed by atoms with Crippen molar-refractivity contribution >= 4 is 35.0 Å². The van der Waals surface area contributed by atoms with Crippen LogP contribution in [0.1, 0.15) is 22.3 Å². The number of anilines is 1. The van der Waals surface area contributed by atoms with E-state index >= 15 is 0 Å². The van der Waals surface area contributed by atoms with Crippen LogP contribution in [0, 0.1) is 0 Å². The van der Waals surface area contributed by atoms with Crippen LogP contribution in [0.4, 0.5) is 5.69 Å². The van der Waals surface area contributed by atoms with E-state index in [9.17, 15) is 4.79 Å². The highest BCUT2D eigenvalue weighted by molar-refractivity contribution is 7.98. The summed E-state index contributed by atoms with van der Waals surface area (Å²) in [7, 11) is 4.10. The molecule has 3 rings (SSSR count). The van der Waals surface area contributed by atoms with Crippen LogP contribution in [-0.4, -0.2) is 38.0 Å². The molecule has 0 aromatic heterocycles. The first-order chi connectivity index (χ1) is 14.5. The van der Waals surface area contributed by atoms with Crippen molar-refractivity contribution in [1.29, 1.82) is 0 Å². The van der Waals surface area contributed by atoms with Crippen molar-refractivity contribution in [2.24, 2.45) is 0 Å². The van der Waals surface area contributed by atoms with E-state index in [-0.39, 0.29) is 5.91 Å². The molecule has 0 radical (unpaired) electrons. The van der Waals surface area contributed by atoms with E-state index in [1.54, 1.807) is 36.0 Å². The third kappa shape index (κ3) is 6.36. The lowest BCUT2D eigenvalue weighted by atomic mass is 10.1. The summed E-state index contributed by atoms with van der Waals surface area (Å²) in [6, 6.07) is 25.7. The molecule has 0 atom stereocenters. The number of benzene rings is 3. The predicted octanol–water partition coefficient (Wildman–Crippen LogP) is 6.23. The van der Waals surface area contributed by atoms with Gasteiger partial charge in [0.2, 0.25) is 0 Å². The first-order valence-electron chi connectivity index (χ1n) is 10.0. The molecular weight excluding hydrogens is 412 g/mol. The fraction of sp³-hybridized carbons (Fsp3) is 0.240. The Balaban J connectivity index is 1.86. The molecule has 0 aliphatic carbocycles. The fourth-order valence-corrected chi connectivity index (χ4v) is 4.30. The Morgan fingerprint density at radius 3 is 2.23 bits per heavy atom. The molecule has 0 heterocycles. The van der Waals surface area contributed by atoms with Gasteiger partial charge in [0.05, 0.1) is 5.69 Å². The maximum absolute atomic E-state index is 13.4. The minimum Gasteiger partial charge on any atom is -0.309 e. The molecule has 0 unspecified atom stereocenters. The van der Waals surface area contributed by atoms with Gasteiger partial charge in [0.15, 0.2) is 0 Å². The Hall–Kier alpha value is -2.27. The van der Waals surface area contributed by atoms with Gasteiger partial charge in [-0.1, -0.05) is 54.1 Å². The topological polar surface area (TPSA) is 23.6 Å². The third-order valence-corrected chi connectivity index (χ3v) is 6.10. The number of rotatable bonds is 9. The van der Waals surface area contributed by atoms with Crippen molar-refractivity contribution in [2.75, 3.05) is 32.1 Å². The van der Waals surface area contributed by atoms with Gasteiger partial charge in [0.1, 0.15) is 0 Å². The minimum atomic E-state index is -0.00168. The van der Waals surface area contributed by atoms with Crippen molar-refractivity contribution in [3.8, 4) is 0 Å². The summed E-state index contributed by atoms with van der Waals surface area (Å²) in [5.41, 5.74) is 2.87. The number of para-hydroxylation sites is 1. The Labute approximate surface area is 188 Å². The van der Waals surface area contributed by atoms with E-state index in [2.05, 4.69) is 49.3 Å². The molecule has 3 aromatic carbocycles. The molecule has 0 bridgehead atoms. The molecule has 0 saturated carbocycles. The summed E-state index contributed by atoms with van der Waals surface area (Å²) in [6.45, 7) is 1.58. The van der Waals surface area contributed by atoms with Crippen molar-refractivity contribution in [3.05, 3.63) is 95.0 Å². The predicted molar refractivity (Wildman–Crippen MR) is 129 cm³/mol. The van der Waals surface area contributed by atoms with Crippen molar-refractivity contribution in [1.82, 2.24) is 4.90 Å². The molecule has 0 aliphatic rings. The van der Waals surface area contributed by atoms with Crippen LogP contribution in [0.15, 0.2) is 83.8 Å². The fourth-order valence-electron chi connectivity index (χ4n) is 3.16. The summed E-state index contributed by atoms with van der Waals surface area (Å²) in [5, 5.41) is 0.629. The highest BCUT2D eigenvalue weighted by Crippen LogP contribution is 2.33. The molecule has 0 aliphatic heterocycles. The Morgan fingerprint density at radius 2 is 1.53 bits per heavy atom. The first kappa shape index (κ1) is 22.4. The van der Waals surface area contributed by atoms with Crippen LogP contribution < -0.4 is 4.90 Å². The van der Waals surface area contributed by atoms with E-state index in [1.165, 1.54) is 5.56 Å². The number of halogens is 1. The zero-order valence-electron chi connectivity index (χ0n) is 17.4. The maximum Gasteiger partial charge on any atom is 0.258 e. The summed E-state index contributed by atoms with van der Waals surface area (Å²) in [4.78, 5) is 18.6. The zero-order chi connectivity index (χ0) is 21.3. The molecule has 0 fully saturated rings. The molecule has 30 heavy (non-hydrogen) atoms. The number of amides is 1. The molecule has 5 heteroatoms. The van der Waals surface area contributed by atoms with Gasteiger partial charge in [-0.2, -0.15) is 0 Å². The highest BCUT2D eigenvalue weighted by Gasteiger charge is 2.20. The van der Waals surface area contributed by atoms with Gasteiger partial charge < -0.3 is 9.80 Å². The lowest BCUT2D eigenvalue weighted by Gasteiger charge is -2.26. The maximum atomic E-state index is 13.4. The number of carbonyl (C=O) groups excluding carboxylic acids is 1. The minimum absolute atomic E-state index is 0.00168. The summed E-state index contributed by atoms with van der Waals surface area (Å²) in [5.74, 6) is 0.858. The monoisotopic (exact) mass is 438 g/mol. The van der Waals surface area contributed by atoms with E-state index in [1.807, 2.05) is 29.2 Å². The zero-order valence-corrected chi connectivity index (χ0v) is 19.0. The lowest BCUT2D eigenvalue weighted by Crippen LogP contribution is -2.33. The van der Waals surface area contributed by atoms with Gasteiger partial charge in [-0.05, 0) is 69.0 Å². The van der Waals surface area contributed by atoms with Gasteiger partial charge in [0, 0.05) is 27.8 Å². The van der Waals surface area contributed by atoms with E-state index in [0.29, 0.717) is 17.1 Å². The standard InChI is InChI=1S/C25H27ClN2OS/c1-27(2)17-8-18-28(25(29)21-13-15-22(26)16-14-21)23-11-6-7-12-24(23)30-19-20-9-4-3-5-10-20/h3-7,9-16H,8,17-19H2,1-2H3. The lowest BCUT2D eigenvalue weighted by molar-refractivity contribution is 0.0985.